The van der Waals surface area contributed by atoms with Crippen molar-refractivity contribution in [1.82, 2.24) is 20.4 Å². The number of hydrogen-bond donors (Lipinski definition) is 2. The highest BCUT2D eigenvalue weighted by Crippen LogP contribution is 2.13. The van der Waals surface area contributed by atoms with Gasteiger partial charge in [0.1, 0.15) is 0 Å². The van der Waals surface area contributed by atoms with Crippen LogP contribution in [-0.4, -0.2) is 35.9 Å². The number of nitrogens with zero attached hydrogens (tertiary/aromatic N) is 3. The standard InChI is InChI=1S/C12H23N5.HI/c1-8(15-12(13-4)14-5)7-11-9(2)16-17(6)10(11)3;/h8H,7H2,1-6H3,(H2,13,14,15);1H. The van der Waals surface area contributed by atoms with Crippen LogP contribution in [0.3, 0.4) is 0 Å². The molecule has 1 unspecified atom stereocenters. The topological polar surface area (TPSA) is 54.2 Å². The van der Waals surface area contributed by atoms with E-state index >= 15 is 0 Å². The summed E-state index contributed by atoms with van der Waals surface area (Å²) in [6.45, 7) is 6.31. The van der Waals surface area contributed by atoms with E-state index in [1.165, 1.54) is 11.3 Å². The van der Waals surface area contributed by atoms with Crippen LogP contribution < -0.4 is 10.6 Å². The first-order chi connectivity index (χ1) is 7.99. The van der Waals surface area contributed by atoms with Crippen molar-refractivity contribution >= 4 is 29.9 Å². The molecule has 1 aromatic heterocycles. The molecule has 0 bridgehead atoms. The van der Waals surface area contributed by atoms with Crippen molar-refractivity contribution in [3.63, 3.8) is 0 Å². The van der Waals surface area contributed by atoms with Gasteiger partial charge in [-0.15, -0.1) is 24.0 Å². The van der Waals surface area contributed by atoms with Gasteiger partial charge in [0.25, 0.3) is 0 Å². The Hall–Kier alpha value is -0.790. The summed E-state index contributed by atoms with van der Waals surface area (Å²) in [5, 5.41) is 10.8. The molecule has 0 aliphatic carbocycles. The van der Waals surface area contributed by atoms with Gasteiger partial charge in [0.2, 0.25) is 0 Å². The summed E-state index contributed by atoms with van der Waals surface area (Å²) in [6, 6.07) is 0.322. The molecule has 0 aromatic carbocycles. The minimum Gasteiger partial charge on any atom is -0.359 e. The van der Waals surface area contributed by atoms with Gasteiger partial charge in [0.05, 0.1) is 5.69 Å². The van der Waals surface area contributed by atoms with E-state index < -0.39 is 0 Å². The number of rotatable bonds is 3. The Kier molecular flexibility index (Phi) is 7.27. The molecule has 1 heterocycles. The Morgan fingerprint density at radius 2 is 2.06 bits per heavy atom. The van der Waals surface area contributed by atoms with Gasteiger partial charge in [-0.25, -0.2) is 0 Å². The van der Waals surface area contributed by atoms with Crippen LogP contribution in [0, 0.1) is 13.8 Å². The molecule has 5 nitrogen and oxygen atoms in total. The van der Waals surface area contributed by atoms with Crippen LogP contribution in [0.4, 0.5) is 0 Å². The number of aromatic nitrogens is 2. The highest BCUT2D eigenvalue weighted by Gasteiger charge is 2.13. The average molecular weight is 365 g/mol. The molecule has 6 heteroatoms. The van der Waals surface area contributed by atoms with Crippen LogP contribution in [-0.2, 0) is 13.5 Å². The molecule has 0 spiro atoms. The van der Waals surface area contributed by atoms with Gasteiger partial charge < -0.3 is 10.6 Å². The van der Waals surface area contributed by atoms with Crippen LogP contribution in [0.1, 0.15) is 23.9 Å². The summed E-state index contributed by atoms with van der Waals surface area (Å²) >= 11 is 0. The van der Waals surface area contributed by atoms with Crippen molar-refractivity contribution in [2.45, 2.75) is 33.2 Å². The molecule has 0 aliphatic rings. The lowest BCUT2D eigenvalue weighted by atomic mass is 10.1. The summed E-state index contributed by atoms with van der Waals surface area (Å²) in [4.78, 5) is 4.11. The number of aliphatic imine (C=N–C) groups is 1. The second kappa shape index (κ2) is 7.60. The maximum absolute atomic E-state index is 4.43. The van der Waals surface area contributed by atoms with E-state index in [4.69, 9.17) is 0 Å². The Labute approximate surface area is 126 Å². The van der Waals surface area contributed by atoms with Gasteiger partial charge in [-0.3, -0.25) is 9.67 Å². The first-order valence-electron chi connectivity index (χ1n) is 5.89. The second-order valence-electron chi connectivity index (χ2n) is 4.34. The van der Waals surface area contributed by atoms with E-state index in [9.17, 15) is 0 Å². The molecule has 18 heavy (non-hydrogen) atoms. The van der Waals surface area contributed by atoms with Crippen molar-refractivity contribution < 1.29 is 0 Å². The molecule has 1 atom stereocenters. The van der Waals surface area contributed by atoms with Crippen LogP contribution in [0.2, 0.25) is 0 Å². The maximum Gasteiger partial charge on any atom is 0.190 e. The summed E-state index contributed by atoms with van der Waals surface area (Å²) < 4.78 is 1.93. The fourth-order valence-electron chi connectivity index (χ4n) is 1.95. The summed E-state index contributed by atoms with van der Waals surface area (Å²) in [6.07, 6.45) is 0.951. The third-order valence-electron chi connectivity index (χ3n) is 3.01. The quantitative estimate of drug-likeness (QED) is 0.484. The Morgan fingerprint density at radius 1 is 1.44 bits per heavy atom. The zero-order valence-corrected chi connectivity index (χ0v) is 14.4. The highest BCUT2D eigenvalue weighted by atomic mass is 127. The van der Waals surface area contributed by atoms with Crippen molar-refractivity contribution in [2.75, 3.05) is 14.1 Å². The molecule has 0 radical (unpaired) electrons. The van der Waals surface area contributed by atoms with E-state index in [1.54, 1.807) is 7.05 Å². The van der Waals surface area contributed by atoms with E-state index in [0.717, 1.165) is 18.1 Å². The zero-order chi connectivity index (χ0) is 13.0. The Bertz CT molecular complexity index is 411. The minimum absolute atomic E-state index is 0. The number of nitrogens with one attached hydrogen (secondary N) is 2. The van der Waals surface area contributed by atoms with Crippen LogP contribution in [0.25, 0.3) is 0 Å². The lowest BCUT2D eigenvalue weighted by Gasteiger charge is -2.16. The molecule has 0 saturated heterocycles. The van der Waals surface area contributed by atoms with Gasteiger partial charge in [-0.1, -0.05) is 0 Å². The van der Waals surface area contributed by atoms with Crippen molar-refractivity contribution in [3.8, 4) is 0 Å². The molecular formula is C12H24IN5. The SMILES string of the molecule is CN=C(NC)NC(C)Cc1c(C)nn(C)c1C.I. The number of guanidine groups is 1. The minimum atomic E-state index is 0. The van der Waals surface area contributed by atoms with Crippen LogP contribution >= 0.6 is 24.0 Å². The monoisotopic (exact) mass is 365 g/mol. The first-order valence-corrected chi connectivity index (χ1v) is 5.89. The predicted molar refractivity (Wildman–Crippen MR) is 86.8 cm³/mol. The summed E-state index contributed by atoms with van der Waals surface area (Å²) in [5.74, 6) is 0.816. The van der Waals surface area contributed by atoms with Crippen LogP contribution in [0.5, 0.6) is 0 Å². The Balaban J connectivity index is 0.00000289. The van der Waals surface area contributed by atoms with Crippen molar-refractivity contribution in [1.29, 1.82) is 0 Å². The number of halogens is 1. The van der Waals surface area contributed by atoms with Gasteiger partial charge in [-0.05, 0) is 32.8 Å². The van der Waals surface area contributed by atoms with Gasteiger partial charge >= 0.3 is 0 Å². The smallest absolute Gasteiger partial charge is 0.190 e. The molecule has 0 fully saturated rings. The number of aryl methyl sites for hydroxylation is 2. The fourth-order valence-corrected chi connectivity index (χ4v) is 1.95. The van der Waals surface area contributed by atoms with Gasteiger partial charge in [-0.2, -0.15) is 5.10 Å². The van der Waals surface area contributed by atoms with E-state index in [2.05, 4.69) is 41.5 Å². The predicted octanol–water partition coefficient (Wildman–Crippen LogP) is 1.38. The molecule has 2 N–H and O–H groups in total. The zero-order valence-electron chi connectivity index (χ0n) is 12.0. The van der Waals surface area contributed by atoms with Crippen molar-refractivity contribution in [3.05, 3.63) is 17.0 Å². The second-order valence-corrected chi connectivity index (χ2v) is 4.34. The average Bonchev–Trinajstić information content (AvgIpc) is 2.53. The molecule has 104 valence electrons. The highest BCUT2D eigenvalue weighted by molar-refractivity contribution is 14.0. The lowest BCUT2D eigenvalue weighted by molar-refractivity contribution is 0.642. The van der Waals surface area contributed by atoms with Crippen LogP contribution in [0.15, 0.2) is 4.99 Å². The third-order valence-corrected chi connectivity index (χ3v) is 3.01. The summed E-state index contributed by atoms with van der Waals surface area (Å²) in [5.41, 5.74) is 3.66. The number of hydrogen-bond acceptors (Lipinski definition) is 2. The molecule has 0 amide bonds. The largest absolute Gasteiger partial charge is 0.359 e. The normalized spacial score (nSPS) is 12.9. The maximum atomic E-state index is 4.43. The molecular weight excluding hydrogens is 341 g/mol. The summed E-state index contributed by atoms with van der Waals surface area (Å²) in [7, 11) is 5.62. The van der Waals surface area contributed by atoms with E-state index in [0.29, 0.717) is 6.04 Å². The third kappa shape index (κ3) is 4.15. The first kappa shape index (κ1) is 17.2. The van der Waals surface area contributed by atoms with E-state index in [-0.39, 0.29) is 24.0 Å². The van der Waals surface area contributed by atoms with Crippen molar-refractivity contribution in [2.24, 2.45) is 12.0 Å². The lowest BCUT2D eigenvalue weighted by Crippen LogP contribution is -2.41. The molecule has 0 aliphatic heterocycles. The molecule has 0 saturated carbocycles. The van der Waals surface area contributed by atoms with E-state index in [1.807, 2.05) is 18.8 Å². The molecule has 1 rings (SSSR count). The fraction of sp³-hybridized carbons (Fsp3) is 0.667. The van der Waals surface area contributed by atoms with Gasteiger partial charge in [0, 0.05) is 32.9 Å². The van der Waals surface area contributed by atoms with Gasteiger partial charge in [0.15, 0.2) is 5.96 Å². The molecule has 1 aromatic rings. The Morgan fingerprint density at radius 3 is 2.44 bits per heavy atom.